The van der Waals surface area contributed by atoms with Gasteiger partial charge in [-0.2, -0.15) is 0 Å². The number of carbonyl (C=O) groups excluding carboxylic acids is 1. The fourth-order valence-corrected chi connectivity index (χ4v) is 0.413. The average Bonchev–Trinajstić information content (AvgIpc) is 1.99. The number of hydrogen-bond acceptors (Lipinski definition) is 3. The minimum absolute atomic E-state index is 0. The topological polar surface area (TPSA) is 66.4 Å². The van der Waals surface area contributed by atoms with Crippen molar-refractivity contribution in [1.29, 1.82) is 0 Å². The molecule has 0 radical (unpaired) electrons. The standard InChI is InChI=1S/C7H11NO3.Na.H/c1-3-6(9)4-8-5(2)7(10)11;;/h3,5,8H,1,4H2,2H3,(H,10,11);;/t5-;;/m0../s1. The molecule has 1 atom stereocenters. The van der Waals surface area contributed by atoms with Gasteiger partial charge in [-0.25, -0.2) is 0 Å². The van der Waals surface area contributed by atoms with Crippen LogP contribution in [0.1, 0.15) is 6.92 Å². The average molecular weight is 181 g/mol. The zero-order valence-electron chi connectivity index (χ0n) is 6.33. The summed E-state index contributed by atoms with van der Waals surface area (Å²) in [6, 6.07) is -0.695. The SMILES string of the molecule is C=CC(=O)CN[C@@H](C)C(=O)O.[NaH]. The Kier molecular flexibility index (Phi) is 8.97. The molecule has 0 aromatic heterocycles. The summed E-state index contributed by atoms with van der Waals surface area (Å²) >= 11 is 0. The Morgan fingerprint density at radius 2 is 2.17 bits per heavy atom. The van der Waals surface area contributed by atoms with Crippen LogP contribution in [0.2, 0.25) is 0 Å². The summed E-state index contributed by atoms with van der Waals surface area (Å²) in [4.78, 5) is 20.8. The van der Waals surface area contributed by atoms with Crippen molar-refractivity contribution in [2.45, 2.75) is 13.0 Å². The van der Waals surface area contributed by atoms with Gasteiger partial charge in [0, 0.05) is 0 Å². The molecule has 12 heavy (non-hydrogen) atoms. The van der Waals surface area contributed by atoms with E-state index < -0.39 is 12.0 Å². The van der Waals surface area contributed by atoms with Crippen LogP contribution in [0.3, 0.4) is 0 Å². The van der Waals surface area contributed by atoms with Crippen molar-refractivity contribution in [3.05, 3.63) is 12.7 Å². The Balaban J connectivity index is 0. The molecular weight excluding hydrogens is 169 g/mol. The van der Waals surface area contributed by atoms with Crippen LogP contribution in [0.15, 0.2) is 12.7 Å². The zero-order valence-corrected chi connectivity index (χ0v) is 6.33. The van der Waals surface area contributed by atoms with Crippen LogP contribution in [0.4, 0.5) is 0 Å². The van der Waals surface area contributed by atoms with Gasteiger partial charge in [-0.05, 0) is 13.0 Å². The first-order valence-corrected chi connectivity index (χ1v) is 3.19. The second-order valence-corrected chi connectivity index (χ2v) is 2.11. The Labute approximate surface area is 93.3 Å². The third-order valence-electron chi connectivity index (χ3n) is 1.18. The fraction of sp³-hybridized carbons (Fsp3) is 0.429. The monoisotopic (exact) mass is 181 g/mol. The molecular formula is C7H12NNaO3. The van der Waals surface area contributed by atoms with Gasteiger partial charge < -0.3 is 5.11 Å². The van der Waals surface area contributed by atoms with E-state index in [-0.39, 0.29) is 41.9 Å². The van der Waals surface area contributed by atoms with Gasteiger partial charge in [-0.1, -0.05) is 6.58 Å². The number of carbonyl (C=O) groups is 2. The number of ketones is 1. The van der Waals surface area contributed by atoms with E-state index in [0.717, 1.165) is 6.08 Å². The van der Waals surface area contributed by atoms with Gasteiger partial charge in [0.25, 0.3) is 0 Å². The predicted molar refractivity (Wildman–Crippen MR) is 47.5 cm³/mol. The van der Waals surface area contributed by atoms with Gasteiger partial charge in [0.2, 0.25) is 0 Å². The molecule has 4 nitrogen and oxygen atoms in total. The quantitative estimate of drug-likeness (QED) is 0.428. The predicted octanol–water partition coefficient (Wildman–Crippen LogP) is -0.844. The maximum atomic E-state index is 10.6. The Morgan fingerprint density at radius 1 is 1.67 bits per heavy atom. The van der Waals surface area contributed by atoms with Crippen molar-refractivity contribution in [3.63, 3.8) is 0 Å². The fourth-order valence-electron chi connectivity index (χ4n) is 0.413. The van der Waals surface area contributed by atoms with Crippen LogP contribution in [0.25, 0.3) is 0 Å². The Morgan fingerprint density at radius 3 is 2.50 bits per heavy atom. The second kappa shape index (κ2) is 7.49. The van der Waals surface area contributed by atoms with Crippen LogP contribution in [0, 0.1) is 0 Å². The molecule has 0 saturated carbocycles. The van der Waals surface area contributed by atoms with Crippen LogP contribution in [0.5, 0.6) is 0 Å². The van der Waals surface area contributed by atoms with Crippen LogP contribution in [-0.2, 0) is 9.59 Å². The molecule has 0 saturated heterocycles. The third-order valence-corrected chi connectivity index (χ3v) is 1.18. The van der Waals surface area contributed by atoms with E-state index in [2.05, 4.69) is 11.9 Å². The van der Waals surface area contributed by atoms with Crippen molar-refractivity contribution in [2.24, 2.45) is 0 Å². The normalized spacial score (nSPS) is 11.1. The van der Waals surface area contributed by atoms with Gasteiger partial charge >= 0.3 is 35.5 Å². The molecule has 64 valence electrons. The van der Waals surface area contributed by atoms with Crippen molar-refractivity contribution in [2.75, 3.05) is 6.54 Å². The summed E-state index contributed by atoms with van der Waals surface area (Å²) in [5.74, 6) is -1.18. The molecule has 0 rings (SSSR count). The number of carboxylic acids is 1. The first-order chi connectivity index (χ1) is 5.07. The van der Waals surface area contributed by atoms with Crippen molar-refractivity contribution in [3.8, 4) is 0 Å². The van der Waals surface area contributed by atoms with Gasteiger partial charge in [-0.15, -0.1) is 0 Å². The van der Waals surface area contributed by atoms with Crippen LogP contribution in [-0.4, -0.2) is 59.0 Å². The van der Waals surface area contributed by atoms with E-state index in [1.807, 2.05) is 0 Å². The van der Waals surface area contributed by atoms with Gasteiger partial charge in [-0.3, -0.25) is 14.9 Å². The molecule has 5 heteroatoms. The summed E-state index contributed by atoms with van der Waals surface area (Å²) in [6.07, 6.45) is 1.15. The summed E-state index contributed by atoms with van der Waals surface area (Å²) in [5.41, 5.74) is 0. The number of aliphatic carboxylic acids is 1. The van der Waals surface area contributed by atoms with Gasteiger partial charge in [0.1, 0.15) is 6.04 Å². The molecule has 0 bridgehead atoms. The number of hydrogen-bond donors (Lipinski definition) is 2. The second-order valence-electron chi connectivity index (χ2n) is 2.11. The molecule has 0 spiro atoms. The Bertz CT molecular complexity index is 181. The summed E-state index contributed by atoms with van der Waals surface area (Å²) in [7, 11) is 0. The van der Waals surface area contributed by atoms with E-state index in [0.29, 0.717) is 0 Å². The first kappa shape index (κ1) is 14.4. The van der Waals surface area contributed by atoms with E-state index in [1.165, 1.54) is 6.92 Å². The van der Waals surface area contributed by atoms with Crippen molar-refractivity contribution < 1.29 is 14.7 Å². The molecule has 0 aliphatic rings. The van der Waals surface area contributed by atoms with E-state index in [1.54, 1.807) is 0 Å². The molecule has 0 heterocycles. The third kappa shape index (κ3) is 6.54. The first-order valence-electron chi connectivity index (χ1n) is 3.19. The number of rotatable bonds is 5. The summed E-state index contributed by atoms with van der Waals surface area (Å²) < 4.78 is 0. The van der Waals surface area contributed by atoms with E-state index >= 15 is 0 Å². The molecule has 0 amide bonds. The van der Waals surface area contributed by atoms with Crippen molar-refractivity contribution in [1.82, 2.24) is 5.32 Å². The summed E-state index contributed by atoms with van der Waals surface area (Å²) in [6.45, 7) is 4.74. The summed E-state index contributed by atoms with van der Waals surface area (Å²) in [5, 5.41) is 10.9. The van der Waals surface area contributed by atoms with Crippen LogP contribution < -0.4 is 5.32 Å². The van der Waals surface area contributed by atoms with Crippen molar-refractivity contribution >= 4 is 41.3 Å². The molecule has 0 aliphatic carbocycles. The number of carboxylic acid groups (broad SMARTS) is 1. The van der Waals surface area contributed by atoms with E-state index in [9.17, 15) is 9.59 Å². The zero-order chi connectivity index (χ0) is 8.85. The molecule has 2 N–H and O–H groups in total. The molecule has 0 aliphatic heterocycles. The van der Waals surface area contributed by atoms with Gasteiger partial charge in [0.15, 0.2) is 5.78 Å². The molecule has 0 fully saturated rings. The molecule has 0 unspecified atom stereocenters. The molecule has 0 aromatic rings. The molecule has 0 aromatic carbocycles. The number of nitrogens with one attached hydrogen (secondary N) is 1. The Hall–Kier alpha value is -0.160. The van der Waals surface area contributed by atoms with E-state index in [4.69, 9.17) is 5.11 Å². The van der Waals surface area contributed by atoms with Crippen LogP contribution >= 0.6 is 0 Å². The minimum atomic E-state index is -0.970. The maximum absolute atomic E-state index is 10.6. The van der Waals surface area contributed by atoms with Gasteiger partial charge in [0.05, 0.1) is 6.54 Å².